The van der Waals surface area contributed by atoms with Crippen molar-refractivity contribution in [2.45, 2.75) is 18.9 Å². The number of carbonyl (C=O) groups is 1. The van der Waals surface area contributed by atoms with Gasteiger partial charge < -0.3 is 10.1 Å². The van der Waals surface area contributed by atoms with Gasteiger partial charge in [-0.25, -0.2) is 9.80 Å². The van der Waals surface area contributed by atoms with Crippen molar-refractivity contribution in [3.63, 3.8) is 0 Å². The molecule has 5 rings (SSSR count). The van der Waals surface area contributed by atoms with Crippen molar-refractivity contribution in [2.24, 2.45) is 11.0 Å². The van der Waals surface area contributed by atoms with Crippen LogP contribution in [0.2, 0.25) is 5.02 Å². The molecule has 0 saturated carbocycles. The van der Waals surface area contributed by atoms with Gasteiger partial charge in [-0.2, -0.15) is 5.10 Å². The maximum Gasteiger partial charge on any atom is 0.342 e. The second-order valence-electron chi connectivity index (χ2n) is 7.79. The molecule has 0 aromatic heterocycles. The maximum atomic E-state index is 13.3. The summed E-state index contributed by atoms with van der Waals surface area (Å²) in [5, 5.41) is 10.1. The number of halogens is 1. The molecule has 2 aliphatic rings. The van der Waals surface area contributed by atoms with E-state index in [2.05, 4.69) is 23.5 Å². The fourth-order valence-electron chi connectivity index (χ4n) is 4.48. The Bertz CT molecular complexity index is 1140. The number of rotatable bonds is 3. The van der Waals surface area contributed by atoms with Gasteiger partial charge in [-0.3, -0.25) is 0 Å². The number of hydrogen-bond acceptors (Lipinski definition) is 3. The molecule has 3 aromatic carbocycles. The first-order chi connectivity index (χ1) is 15.1. The number of nitrogens with zero attached hydrogens (tertiary/aromatic N) is 2. The molecule has 2 atom stereocenters. The van der Waals surface area contributed by atoms with Gasteiger partial charge in [0.05, 0.1) is 18.9 Å². The number of carbonyl (C=O) groups excluding carboxylic acids is 1. The first-order valence-corrected chi connectivity index (χ1v) is 10.7. The molecule has 0 radical (unpaired) electrons. The van der Waals surface area contributed by atoms with Gasteiger partial charge in [-0.1, -0.05) is 48.0 Å². The monoisotopic (exact) mass is 431 g/mol. The minimum atomic E-state index is -0.260. The van der Waals surface area contributed by atoms with Gasteiger partial charge in [0.15, 0.2) is 0 Å². The fourth-order valence-corrected chi connectivity index (χ4v) is 4.61. The minimum Gasteiger partial charge on any atom is -0.497 e. The highest BCUT2D eigenvalue weighted by Crippen LogP contribution is 2.43. The van der Waals surface area contributed by atoms with Crippen LogP contribution in [0.25, 0.3) is 0 Å². The predicted molar refractivity (Wildman–Crippen MR) is 123 cm³/mol. The van der Waals surface area contributed by atoms with Crippen molar-refractivity contribution < 1.29 is 9.53 Å². The zero-order valence-corrected chi connectivity index (χ0v) is 17.8. The summed E-state index contributed by atoms with van der Waals surface area (Å²) in [5.41, 5.74) is 5.11. The zero-order valence-electron chi connectivity index (χ0n) is 17.1. The second-order valence-corrected chi connectivity index (χ2v) is 8.22. The Morgan fingerprint density at radius 1 is 1.06 bits per heavy atom. The lowest BCUT2D eigenvalue weighted by atomic mass is 9.77. The molecule has 2 amide bonds. The molecular formula is C25H22ClN3O2. The molecule has 1 aliphatic heterocycles. The van der Waals surface area contributed by atoms with Gasteiger partial charge in [0.1, 0.15) is 5.75 Å². The van der Waals surface area contributed by atoms with E-state index < -0.39 is 0 Å². The van der Waals surface area contributed by atoms with Crippen LogP contribution in [0.5, 0.6) is 5.75 Å². The summed E-state index contributed by atoms with van der Waals surface area (Å²) >= 11 is 6.12. The van der Waals surface area contributed by atoms with Crippen LogP contribution in [-0.2, 0) is 6.42 Å². The summed E-state index contributed by atoms with van der Waals surface area (Å²) in [6.07, 6.45) is 1.91. The SMILES string of the molecule is COc1ccc(NC(=O)N2N=C3c4ccccc4CCC3C2c2ccc(Cl)cc2)cc1. The summed E-state index contributed by atoms with van der Waals surface area (Å²) in [6.45, 7) is 0. The van der Waals surface area contributed by atoms with Crippen LogP contribution in [0.3, 0.4) is 0 Å². The number of ether oxygens (including phenoxy) is 1. The van der Waals surface area contributed by atoms with E-state index in [-0.39, 0.29) is 18.0 Å². The molecule has 2 unspecified atom stereocenters. The van der Waals surface area contributed by atoms with Crippen LogP contribution < -0.4 is 10.1 Å². The van der Waals surface area contributed by atoms with Crippen molar-refractivity contribution in [1.29, 1.82) is 0 Å². The number of amides is 2. The fraction of sp³-hybridized carbons (Fsp3) is 0.200. The summed E-state index contributed by atoms with van der Waals surface area (Å²) in [6, 6.07) is 22.9. The lowest BCUT2D eigenvalue weighted by Crippen LogP contribution is -2.34. The highest BCUT2D eigenvalue weighted by Gasteiger charge is 2.43. The standard InChI is InChI=1S/C25H22ClN3O2/c1-31-20-13-11-19(12-14-20)27-25(30)29-24(17-6-9-18(26)10-7-17)22-15-8-16-4-2-3-5-21(16)23(22)28-29/h2-7,9-14,22,24H,8,15H2,1H3,(H,27,30). The molecule has 1 N–H and O–H groups in total. The van der Waals surface area contributed by atoms with Crippen molar-refractivity contribution in [3.8, 4) is 5.75 Å². The molecule has 0 spiro atoms. The van der Waals surface area contributed by atoms with E-state index in [1.54, 1.807) is 12.1 Å². The molecular weight excluding hydrogens is 410 g/mol. The summed E-state index contributed by atoms with van der Waals surface area (Å²) in [5.74, 6) is 0.874. The van der Waals surface area contributed by atoms with Crippen LogP contribution in [0, 0.1) is 5.92 Å². The van der Waals surface area contributed by atoms with Gasteiger partial charge in [-0.05, 0) is 60.4 Å². The Labute approximate surface area is 186 Å². The topological polar surface area (TPSA) is 53.9 Å². The van der Waals surface area contributed by atoms with Crippen LogP contribution in [0.15, 0.2) is 77.9 Å². The number of fused-ring (bicyclic) bond motifs is 3. The maximum absolute atomic E-state index is 13.3. The number of hydrazone groups is 1. The smallest absolute Gasteiger partial charge is 0.342 e. The number of nitrogens with one attached hydrogen (secondary N) is 1. The van der Waals surface area contributed by atoms with Crippen molar-refractivity contribution in [1.82, 2.24) is 5.01 Å². The van der Waals surface area contributed by atoms with E-state index in [0.29, 0.717) is 10.7 Å². The summed E-state index contributed by atoms with van der Waals surface area (Å²) < 4.78 is 5.20. The first kappa shape index (κ1) is 19.6. The third-order valence-electron chi connectivity index (χ3n) is 5.99. The lowest BCUT2D eigenvalue weighted by Gasteiger charge is -2.29. The average Bonchev–Trinajstić information content (AvgIpc) is 3.20. The molecule has 1 aliphatic carbocycles. The molecule has 6 heteroatoms. The highest BCUT2D eigenvalue weighted by atomic mass is 35.5. The van der Waals surface area contributed by atoms with E-state index in [1.165, 1.54) is 5.56 Å². The van der Waals surface area contributed by atoms with Crippen LogP contribution in [0.1, 0.15) is 29.2 Å². The number of urea groups is 1. The van der Waals surface area contributed by atoms with Crippen molar-refractivity contribution >= 4 is 29.0 Å². The van der Waals surface area contributed by atoms with Gasteiger partial charge in [-0.15, -0.1) is 0 Å². The molecule has 0 bridgehead atoms. The van der Waals surface area contributed by atoms with E-state index in [4.69, 9.17) is 21.4 Å². The number of aryl methyl sites for hydroxylation is 1. The van der Waals surface area contributed by atoms with Gasteiger partial charge in [0.25, 0.3) is 0 Å². The molecule has 0 fully saturated rings. The Morgan fingerprint density at radius 3 is 2.55 bits per heavy atom. The average molecular weight is 432 g/mol. The third kappa shape index (κ3) is 3.66. The third-order valence-corrected chi connectivity index (χ3v) is 6.24. The minimum absolute atomic E-state index is 0.137. The Balaban J connectivity index is 1.51. The van der Waals surface area contributed by atoms with Crippen LogP contribution in [0.4, 0.5) is 10.5 Å². The molecule has 5 nitrogen and oxygen atoms in total. The number of benzene rings is 3. The number of methoxy groups -OCH3 is 1. The second kappa shape index (κ2) is 8.08. The predicted octanol–water partition coefficient (Wildman–Crippen LogP) is 5.90. The van der Waals surface area contributed by atoms with Crippen LogP contribution >= 0.6 is 11.6 Å². The van der Waals surface area contributed by atoms with E-state index >= 15 is 0 Å². The van der Waals surface area contributed by atoms with E-state index in [9.17, 15) is 4.79 Å². The molecule has 156 valence electrons. The Morgan fingerprint density at radius 2 is 1.81 bits per heavy atom. The molecule has 3 aromatic rings. The highest BCUT2D eigenvalue weighted by molar-refractivity contribution is 6.30. The van der Waals surface area contributed by atoms with Crippen molar-refractivity contribution in [2.75, 3.05) is 12.4 Å². The Kier molecular flexibility index (Phi) is 5.12. The molecule has 0 saturated heterocycles. The normalized spacial score (nSPS) is 19.3. The van der Waals surface area contributed by atoms with Gasteiger partial charge in [0.2, 0.25) is 0 Å². The summed E-state index contributed by atoms with van der Waals surface area (Å²) in [7, 11) is 1.62. The van der Waals surface area contributed by atoms with Crippen LogP contribution in [-0.4, -0.2) is 23.9 Å². The van der Waals surface area contributed by atoms with Gasteiger partial charge in [0, 0.05) is 22.2 Å². The van der Waals surface area contributed by atoms with Crippen molar-refractivity contribution in [3.05, 3.63) is 94.5 Å². The molecule has 1 heterocycles. The quantitative estimate of drug-likeness (QED) is 0.561. The lowest BCUT2D eigenvalue weighted by molar-refractivity contribution is 0.188. The first-order valence-electron chi connectivity index (χ1n) is 10.3. The van der Waals surface area contributed by atoms with Gasteiger partial charge >= 0.3 is 6.03 Å². The Hall–Kier alpha value is -3.31. The zero-order chi connectivity index (χ0) is 21.4. The number of anilines is 1. The number of hydrogen-bond donors (Lipinski definition) is 1. The van der Waals surface area contributed by atoms with E-state index in [1.807, 2.05) is 54.6 Å². The molecule has 31 heavy (non-hydrogen) atoms. The summed E-state index contributed by atoms with van der Waals surface area (Å²) in [4.78, 5) is 13.3. The largest absolute Gasteiger partial charge is 0.497 e. The van der Waals surface area contributed by atoms with E-state index in [0.717, 1.165) is 35.4 Å².